The molecule has 0 spiro atoms. The van der Waals surface area contributed by atoms with E-state index in [4.69, 9.17) is 0 Å². The molecule has 0 bridgehead atoms. The molecule has 0 fully saturated rings. The average molecular weight is 213 g/mol. The Hall–Kier alpha value is -0.0400. The van der Waals surface area contributed by atoms with Crippen molar-refractivity contribution in [2.24, 2.45) is 5.92 Å². The van der Waals surface area contributed by atoms with Crippen molar-refractivity contribution in [2.75, 3.05) is 6.61 Å². The topological polar surface area (TPSA) is 19.9 Å². The monoisotopic (exact) mass is 213 g/mol. The van der Waals surface area contributed by atoms with Gasteiger partial charge in [0.25, 0.3) is 0 Å². The molecule has 0 aromatic carbocycles. The van der Waals surface area contributed by atoms with Crippen LogP contribution in [0.25, 0.3) is 0 Å². The van der Waals surface area contributed by atoms with Gasteiger partial charge in [0, 0.05) is 0 Å². The van der Waals surface area contributed by atoms with E-state index in [9.17, 15) is 5.11 Å². The molecule has 0 rings (SSSR count). The lowest BCUT2D eigenvalue weighted by molar-refractivity contribution is 0.186. The Bertz CT molecular complexity index is 112. The molecule has 0 saturated heterocycles. The summed E-state index contributed by atoms with van der Waals surface area (Å²) in [5.41, 5.74) is 0. The summed E-state index contributed by atoms with van der Waals surface area (Å²) in [5, 5.41) is 10.2. The predicted octanol–water partition coefficient (Wildman–Crippen LogP) is 4.97. The maximum Gasteiger partial charge on any atom is 0.0822 e. The second-order valence-electron chi connectivity index (χ2n) is 4.86. The van der Waals surface area contributed by atoms with Crippen LogP contribution in [0.4, 0.5) is 0 Å². The zero-order valence-corrected chi connectivity index (χ0v) is 10.8. The van der Waals surface area contributed by atoms with E-state index in [0.29, 0.717) is 0 Å². The summed E-state index contributed by atoms with van der Waals surface area (Å²) in [5.74, 6) is 0.923. The molecule has 91 valence electrons. The quantitative estimate of drug-likeness (QED) is 0.432. The van der Waals surface area contributed by atoms with E-state index in [1.54, 1.807) is 0 Å². The normalized spacial score (nSPS) is 13.0. The molecule has 1 heteroatoms. The molecule has 0 aromatic heterocycles. The van der Waals surface area contributed by atoms with Crippen LogP contribution in [0, 0.1) is 5.92 Å². The first-order valence-electron chi connectivity index (χ1n) is 6.89. The molecule has 0 aromatic rings. The van der Waals surface area contributed by atoms with Crippen LogP contribution in [0.5, 0.6) is 0 Å². The van der Waals surface area contributed by atoms with Gasteiger partial charge in [-0.25, -0.2) is 5.11 Å². The van der Waals surface area contributed by atoms with Crippen molar-refractivity contribution in [2.45, 2.75) is 78.1 Å². The van der Waals surface area contributed by atoms with Crippen molar-refractivity contribution < 1.29 is 5.11 Å². The lowest BCUT2D eigenvalue weighted by Gasteiger charge is -2.09. The molecule has 0 amide bonds. The fourth-order valence-corrected chi connectivity index (χ4v) is 2.00. The van der Waals surface area contributed by atoms with Gasteiger partial charge < -0.3 is 0 Å². The summed E-state index contributed by atoms with van der Waals surface area (Å²) in [6.07, 6.45) is 12.9. The number of unbranched alkanes of at least 4 members (excludes halogenated alkanes) is 6. The van der Waals surface area contributed by atoms with Gasteiger partial charge >= 0.3 is 0 Å². The molecule has 1 unspecified atom stereocenters. The van der Waals surface area contributed by atoms with Gasteiger partial charge in [-0.3, -0.25) is 0 Å². The predicted molar refractivity (Wildman–Crippen MR) is 66.6 cm³/mol. The van der Waals surface area contributed by atoms with Crippen LogP contribution in [0.1, 0.15) is 78.1 Å². The summed E-state index contributed by atoms with van der Waals surface area (Å²) in [7, 11) is 0. The maximum absolute atomic E-state index is 10.2. The summed E-state index contributed by atoms with van der Waals surface area (Å²) in [6, 6.07) is 0. The van der Waals surface area contributed by atoms with Crippen LogP contribution in [0.2, 0.25) is 0 Å². The Morgan fingerprint density at radius 3 is 1.93 bits per heavy atom. The minimum atomic E-state index is 0.119. The van der Waals surface area contributed by atoms with Crippen molar-refractivity contribution in [1.82, 2.24) is 0 Å². The third-order valence-corrected chi connectivity index (χ3v) is 3.14. The second kappa shape index (κ2) is 12.0. The molecule has 0 aliphatic rings. The Labute approximate surface area is 96.3 Å². The van der Waals surface area contributed by atoms with Crippen LogP contribution < -0.4 is 0 Å². The highest BCUT2D eigenvalue weighted by Gasteiger charge is 2.00. The van der Waals surface area contributed by atoms with Crippen LogP contribution >= 0.6 is 0 Å². The summed E-state index contributed by atoms with van der Waals surface area (Å²) < 4.78 is 0. The van der Waals surface area contributed by atoms with Crippen LogP contribution in [-0.4, -0.2) is 6.61 Å². The second-order valence-corrected chi connectivity index (χ2v) is 4.86. The SMILES string of the molecule is CCCCC(C)CCCCCCCC[O]. The zero-order chi connectivity index (χ0) is 11.4. The van der Waals surface area contributed by atoms with Gasteiger partial charge in [-0.1, -0.05) is 71.6 Å². The number of hydrogen-bond donors (Lipinski definition) is 0. The van der Waals surface area contributed by atoms with Crippen molar-refractivity contribution in [3.63, 3.8) is 0 Å². The average Bonchev–Trinajstić information content (AvgIpc) is 2.25. The molecule has 1 atom stereocenters. The fourth-order valence-electron chi connectivity index (χ4n) is 2.00. The third-order valence-electron chi connectivity index (χ3n) is 3.14. The first kappa shape index (κ1) is 15.0. The maximum atomic E-state index is 10.2. The molecule has 0 aliphatic carbocycles. The third kappa shape index (κ3) is 11.9. The molecule has 15 heavy (non-hydrogen) atoms. The molecule has 0 heterocycles. The van der Waals surface area contributed by atoms with Crippen LogP contribution in [0.3, 0.4) is 0 Å². The van der Waals surface area contributed by atoms with Gasteiger partial charge in [-0.2, -0.15) is 0 Å². The van der Waals surface area contributed by atoms with Crippen molar-refractivity contribution in [1.29, 1.82) is 0 Å². The van der Waals surface area contributed by atoms with Gasteiger partial charge in [0.15, 0.2) is 0 Å². The molecular weight excluding hydrogens is 184 g/mol. The van der Waals surface area contributed by atoms with Crippen molar-refractivity contribution in [3.05, 3.63) is 0 Å². The molecular formula is C14H29O. The largest absolute Gasteiger partial charge is 0.237 e. The highest BCUT2D eigenvalue weighted by atomic mass is 16.2. The summed E-state index contributed by atoms with van der Waals surface area (Å²) >= 11 is 0. The highest BCUT2D eigenvalue weighted by Crippen LogP contribution is 2.16. The minimum absolute atomic E-state index is 0.119. The minimum Gasteiger partial charge on any atom is -0.237 e. The molecule has 0 saturated carbocycles. The van der Waals surface area contributed by atoms with Crippen LogP contribution in [0.15, 0.2) is 0 Å². The van der Waals surface area contributed by atoms with E-state index in [0.717, 1.165) is 18.8 Å². The van der Waals surface area contributed by atoms with Crippen LogP contribution in [-0.2, 0) is 5.11 Å². The van der Waals surface area contributed by atoms with E-state index >= 15 is 0 Å². The molecule has 1 radical (unpaired) electrons. The molecule has 1 nitrogen and oxygen atoms in total. The van der Waals surface area contributed by atoms with Gasteiger partial charge in [0.05, 0.1) is 6.61 Å². The Kier molecular flexibility index (Phi) is 12.0. The van der Waals surface area contributed by atoms with Gasteiger partial charge in [0.2, 0.25) is 0 Å². The Morgan fingerprint density at radius 2 is 1.33 bits per heavy atom. The van der Waals surface area contributed by atoms with E-state index in [1.165, 1.54) is 51.4 Å². The lowest BCUT2D eigenvalue weighted by atomic mass is 9.97. The fraction of sp³-hybridized carbons (Fsp3) is 1.00. The first-order valence-corrected chi connectivity index (χ1v) is 6.89. The van der Waals surface area contributed by atoms with Crippen molar-refractivity contribution in [3.8, 4) is 0 Å². The van der Waals surface area contributed by atoms with E-state index in [2.05, 4.69) is 13.8 Å². The van der Waals surface area contributed by atoms with Gasteiger partial charge in [-0.05, 0) is 12.3 Å². The summed E-state index contributed by atoms with van der Waals surface area (Å²) in [6.45, 7) is 4.77. The first-order chi connectivity index (χ1) is 7.31. The zero-order valence-electron chi connectivity index (χ0n) is 10.8. The van der Waals surface area contributed by atoms with E-state index in [-0.39, 0.29) is 6.61 Å². The van der Waals surface area contributed by atoms with Gasteiger partial charge in [0.1, 0.15) is 0 Å². The Morgan fingerprint density at radius 1 is 0.800 bits per heavy atom. The lowest BCUT2D eigenvalue weighted by Crippen LogP contribution is -1.94. The molecule has 0 aliphatic heterocycles. The molecule has 0 N–H and O–H groups in total. The number of rotatable bonds is 11. The number of hydrogen-bond acceptors (Lipinski definition) is 0. The van der Waals surface area contributed by atoms with E-state index in [1.807, 2.05) is 0 Å². The highest BCUT2D eigenvalue weighted by molar-refractivity contribution is 4.54. The van der Waals surface area contributed by atoms with Gasteiger partial charge in [-0.15, -0.1) is 0 Å². The standard InChI is InChI=1S/C14H29O/c1-3-4-11-14(2)12-9-7-5-6-8-10-13-15/h14H,3-13H2,1-2H3. The smallest absolute Gasteiger partial charge is 0.0822 e. The Balaban J connectivity index is 3.02. The summed E-state index contributed by atoms with van der Waals surface area (Å²) in [4.78, 5) is 0. The van der Waals surface area contributed by atoms with Crippen molar-refractivity contribution >= 4 is 0 Å². The van der Waals surface area contributed by atoms with E-state index < -0.39 is 0 Å².